The molecule has 1 fully saturated rings. The number of fused-ring (bicyclic) bond motifs is 1. The van der Waals surface area contributed by atoms with Crippen molar-refractivity contribution in [1.82, 2.24) is 4.90 Å². The molecule has 4 rings (SSSR count). The average Bonchev–Trinajstić information content (AvgIpc) is 3.09. The molecule has 0 N–H and O–H groups in total. The highest BCUT2D eigenvalue weighted by molar-refractivity contribution is 8.15. The van der Waals surface area contributed by atoms with Crippen LogP contribution in [0.25, 0.3) is 5.70 Å². The smallest absolute Gasteiger partial charge is 0.338 e. The van der Waals surface area contributed by atoms with Crippen molar-refractivity contribution in [3.8, 4) is 0 Å². The molecule has 0 aliphatic carbocycles. The summed E-state index contributed by atoms with van der Waals surface area (Å²) >= 11 is 1.47. The zero-order valence-corrected chi connectivity index (χ0v) is 17.2. The van der Waals surface area contributed by atoms with E-state index in [9.17, 15) is 9.59 Å². The minimum atomic E-state index is -0.561. The molecule has 2 heterocycles. The summed E-state index contributed by atoms with van der Waals surface area (Å²) in [7, 11) is 0. The molecule has 0 radical (unpaired) electrons. The average molecular weight is 407 g/mol. The number of rotatable bonds is 5. The SMILES string of the molecule is CCOC(=O)C1=C(c2ccccc2)N=C2S[C@H](CC)C(=O)N2[C@@H]1c1ccccc1. The van der Waals surface area contributed by atoms with E-state index in [1.54, 1.807) is 11.8 Å². The zero-order valence-electron chi connectivity index (χ0n) is 16.4. The lowest BCUT2D eigenvalue weighted by atomic mass is 9.92. The number of nitrogens with zero attached hydrogens (tertiary/aromatic N) is 2. The molecular formula is C23H22N2O3S. The first-order chi connectivity index (χ1) is 14.2. The van der Waals surface area contributed by atoms with Crippen LogP contribution in [0.3, 0.4) is 0 Å². The van der Waals surface area contributed by atoms with Crippen molar-refractivity contribution < 1.29 is 14.3 Å². The highest BCUT2D eigenvalue weighted by atomic mass is 32.2. The van der Waals surface area contributed by atoms with E-state index in [1.807, 2.05) is 67.6 Å². The van der Waals surface area contributed by atoms with Crippen LogP contribution in [-0.2, 0) is 14.3 Å². The van der Waals surface area contributed by atoms with Crippen molar-refractivity contribution in [3.05, 3.63) is 77.4 Å². The Balaban J connectivity index is 1.96. The lowest BCUT2D eigenvalue weighted by Gasteiger charge is -2.33. The van der Waals surface area contributed by atoms with E-state index in [0.29, 0.717) is 22.9 Å². The van der Waals surface area contributed by atoms with Gasteiger partial charge in [0.2, 0.25) is 5.91 Å². The van der Waals surface area contributed by atoms with Crippen molar-refractivity contribution in [1.29, 1.82) is 0 Å². The van der Waals surface area contributed by atoms with E-state index in [2.05, 4.69) is 0 Å². The molecule has 0 bridgehead atoms. The number of hydrogen-bond donors (Lipinski definition) is 0. The van der Waals surface area contributed by atoms with Crippen LogP contribution >= 0.6 is 11.8 Å². The van der Waals surface area contributed by atoms with Gasteiger partial charge in [0, 0.05) is 5.56 Å². The predicted molar refractivity (Wildman–Crippen MR) is 115 cm³/mol. The maximum atomic E-state index is 13.2. The third kappa shape index (κ3) is 3.49. The van der Waals surface area contributed by atoms with Crippen LogP contribution in [-0.4, -0.2) is 33.8 Å². The Hall–Kier alpha value is -2.86. The molecule has 29 heavy (non-hydrogen) atoms. The largest absolute Gasteiger partial charge is 0.463 e. The summed E-state index contributed by atoms with van der Waals surface area (Å²) in [5, 5.41) is 0.445. The van der Waals surface area contributed by atoms with Crippen LogP contribution in [0.5, 0.6) is 0 Å². The molecule has 0 spiro atoms. The van der Waals surface area contributed by atoms with Crippen LogP contribution in [0, 0.1) is 0 Å². The summed E-state index contributed by atoms with van der Waals surface area (Å²) in [6.07, 6.45) is 0.704. The normalized spacial score (nSPS) is 21.1. The molecule has 2 aromatic carbocycles. The van der Waals surface area contributed by atoms with E-state index >= 15 is 0 Å². The van der Waals surface area contributed by atoms with Gasteiger partial charge in [-0.3, -0.25) is 9.69 Å². The molecule has 2 aliphatic heterocycles. The highest BCUT2D eigenvalue weighted by Gasteiger charge is 2.47. The first-order valence-corrected chi connectivity index (χ1v) is 10.6. The molecule has 148 valence electrons. The summed E-state index contributed by atoms with van der Waals surface area (Å²) < 4.78 is 5.41. The van der Waals surface area contributed by atoms with E-state index in [-0.39, 0.29) is 17.8 Å². The lowest BCUT2D eigenvalue weighted by Crippen LogP contribution is -2.40. The Kier molecular flexibility index (Phi) is 5.53. The van der Waals surface area contributed by atoms with Crippen LogP contribution < -0.4 is 0 Å². The number of benzene rings is 2. The Labute approximate surface area is 174 Å². The number of amides is 1. The number of carbonyl (C=O) groups is 2. The number of carbonyl (C=O) groups excluding carboxylic acids is 2. The predicted octanol–water partition coefficient (Wildman–Crippen LogP) is 4.43. The van der Waals surface area contributed by atoms with Gasteiger partial charge in [0.1, 0.15) is 0 Å². The maximum absolute atomic E-state index is 13.2. The Morgan fingerprint density at radius 3 is 2.34 bits per heavy atom. The third-order valence-electron chi connectivity index (χ3n) is 4.99. The fourth-order valence-electron chi connectivity index (χ4n) is 3.66. The van der Waals surface area contributed by atoms with Crippen molar-refractivity contribution >= 4 is 34.5 Å². The second-order valence-corrected chi connectivity index (χ2v) is 7.95. The minimum Gasteiger partial charge on any atom is -0.463 e. The van der Waals surface area contributed by atoms with E-state index in [1.165, 1.54) is 11.8 Å². The quantitative estimate of drug-likeness (QED) is 0.690. The second kappa shape index (κ2) is 8.25. The Bertz CT molecular complexity index is 986. The number of ether oxygens (including phenoxy) is 1. The summed E-state index contributed by atoms with van der Waals surface area (Å²) in [4.78, 5) is 32.8. The monoisotopic (exact) mass is 406 g/mol. The third-order valence-corrected chi connectivity index (χ3v) is 6.31. The minimum absolute atomic E-state index is 0.0148. The van der Waals surface area contributed by atoms with Gasteiger partial charge in [0.15, 0.2) is 5.17 Å². The first-order valence-electron chi connectivity index (χ1n) is 9.75. The summed E-state index contributed by atoms with van der Waals surface area (Å²) in [6, 6.07) is 18.7. The highest BCUT2D eigenvalue weighted by Crippen LogP contribution is 2.46. The van der Waals surface area contributed by atoms with Gasteiger partial charge in [0.05, 0.1) is 29.2 Å². The lowest BCUT2D eigenvalue weighted by molar-refractivity contribution is -0.139. The molecule has 0 aromatic heterocycles. The van der Waals surface area contributed by atoms with E-state index < -0.39 is 12.0 Å². The number of hydrogen-bond acceptors (Lipinski definition) is 5. The fraction of sp³-hybridized carbons (Fsp3) is 0.261. The fourth-order valence-corrected chi connectivity index (χ4v) is 4.75. The Morgan fingerprint density at radius 1 is 1.07 bits per heavy atom. The van der Waals surface area contributed by atoms with Crippen molar-refractivity contribution in [2.75, 3.05) is 6.61 Å². The molecule has 5 nitrogen and oxygen atoms in total. The second-order valence-electron chi connectivity index (χ2n) is 6.78. The summed E-state index contributed by atoms with van der Waals surface area (Å²) in [6.45, 7) is 4.02. The number of esters is 1. The van der Waals surface area contributed by atoms with Gasteiger partial charge in [-0.25, -0.2) is 9.79 Å². The number of amidine groups is 1. The first kappa shape index (κ1) is 19.5. The van der Waals surface area contributed by atoms with Crippen LogP contribution in [0.2, 0.25) is 0 Å². The van der Waals surface area contributed by atoms with Gasteiger partial charge in [-0.15, -0.1) is 0 Å². The zero-order chi connectivity index (χ0) is 20.4. The van der Waals surface area contributed by atoms with Crippen LogP contribution in [0.15, 0.2) is 71.2 Å². The molecule has 1 amide bonds. The van der Waals surface area contributed by atoms with E-state index in [4.69, 9.17) is 9.73 Å². The van der Waals surface area contributed by atoms with Crippen molar-refractivity contribution in [2.24, 2.45) is 4.99 Å². The molecule has 0 unspecified atom stereocenters. The Morgan fingerprint density at radius 2 is 1.72 bits per heavy atom. The van der Waals surface area contributed by atoms with Gasteiger partial charge in [-0.1, -0.05) is 79.3 Å². The van der Waals surface area contributed by atoms with Gasteiger partial charge in [-0.05, 0) is 18.9 Å². The maximum Gasteiger partial charge on any atom is 0.338 e. The number of aliphatic imine (C=N–C) groups is 1. The molecule has 6 heteroatoms. The van der Waals surface area contributed by atoms with Crippen molar-refractivity contribution in [3.63, 3.8) is 0 Å². The van der Waals surface area contributed by atoms with Gasteiger partial charge in [0.25, 0.3) is 0 Å². The summed E-state index contributed by atoms with van der Waals surface area (Å²) in [5.74, 6) is -0.459. The summed E-state index contributed by atoms with van der Waals surface area (Å²) in [5.41, 5.74) is 2.67. The molecule has 2 aliphatic rings. The van der Waals surface area contributed by atoms with Gasteiger partial charge in [-0.2, -0.15) is 0 Å². The van der Waals surface area contributed by atoms with Gasteiger partial charge >= 0.3 is 5.97 Å². The number of thioether (sulfide) groups is 1. The van der Waals surface area contributed by atoms with Crippen LogP contribution in [0.1, 0.15) is 37.4 Å². The molecular weight excluding hydrogens is 384 g/mol. The van der Waals surface area contributed by atoms with E-state index in [0.717, 1.165) is 11.1 Å². The molecule has 1 saturated heterocycles. The molecule has 0 saturated carbocycles. The van der Waals surface area contributed by atoms with Crippen molar-refractivity contribution in [2.45, 2.75) is 31.6 Å². The molecule has 2 aromatic rings. The van der Waals surface area contributed by atoms with Gasteiger partial charge < -0.3 is 4.74 Å². The topological polar surface area (TPSA) is 59.0 Å². The molecule has 2 atom stereocenters. The standard InChI is InChI=1S/C23H22N2O3S/c1-3-17-21(26)25-20(16-13-9-6-10-14-16)18(22(27)28-4-2)19(24-23(25)29-17)15-11-7-5-8-12-15/h5-14,17,20H,3-4H2,1-2H3/t17-,20-/m1/s1. The van der Waals surface area contributed by atoms with Crippen LogP contribution in [0.4, 0.5) is 0 Å².